The van der Waals surface area contributed by atoms with Crippen LogP contribution in [0.3, 0.4) is 0 Å². The second-order valence-corrected chi connectivity index (χ2v) is 5.93. The maximum atomic E-state index is 12.8. The van der Waals surface area contributed by atoms with Crippen molar-refractivity contribution in [3.05, 3.63) is 35.9 Å². The molecule has 1 heterocycles. The van der Waals surface area contributed by atoms with Gasteiger partial charge in [-0.05, 0) is 18.9 Å². The second kappa shape index (κ2) is 9.39. The third-order valence-corrected chi connectivity index (χ3v) is 4.20. The predicted molar refractivity (Wildman–Crippen MR) is 92.5 cm³/mol. The number of carbonyl (C=O) groups is 2. The van der Waals surface area contributed by atoms with Gasteiger partial charge in [0.1, 0.15) is 0 Å². The fraction of sp³-hybridized carbons (Fsp3) is 0.556. The number of amides is 2. The molecule has 132 valence electrons. The number of ether oxygens (including phenoxy) is 1. The van der Waals surface area contributed by atoms with E-state index in [0.717, 1.165) is 18.5 Å². The van der Waals surface area contributed by atoms with Gasteiger partial charge in [-0.3, -0.25) is 14.5 Å². The zero-order valence-electron chi connectivity index (χ0n) is 14.5. The third-order valence-electron chi connectivity index (χ3n) is 4.20. The highest BCUT2D eigenvalue weighted by atomic mass is 16.5. The Morgan fingerprint density at radius 3 is 2.58 bits per heavy atom. The topological polar surface area (TPSA) is 61.9 Å². The lowest BCUT2D eigenvalue weighted by Gasteiger charge is -2.26. The fourth-order valence-electron chi connectivity index (χ4n) is 2.98. The number of nitrogens with zero attached hydrogens (tertiary/aromatic N) is 2. The van der Waals surface area contributed by atoms with Crippen LogP contribution in [0, 0.1) is 0 Å². The fourth-order valence-corrected chi connectivity index (χ4v) is 2.98. The lowest BCUT2D eigenvalue weighted by molar-refractivity contribution is -0.142. The van der Waals surface area contributed by atoms with Crippen molar-refractivity contribution in [1.82, 2.24) is 15.1 Å². The van der Waals surface area contributed by atoms with E-state index in [0.29, 0.717) is 32.7 Å². The normalized spacial score (nSPS) is 17.2. The van der Waals surface area contributed by atoms with E-state index in [1.165, 1.54) is 0 Å². The van der Waals surface area contributed by atoms with Crippen LogP contribution < -0.4 is 5.32 Å². The highest BCUT2D eigenvalue weighted by Crippen LogP contribution is 2.20. The van der Waals surface area contributed by atoms with E-state index in [4.69, 9.17) is 4.74 Å². The molecule has 24 heavy (non-hydrogen) atoms. The first kappa shape index (κ1) is 18.4. The smallest absolute Gasteiger partial charge is 0.256 e. The lowest BCUT2D eigenvalue weighted by Crippen LogP contribution is -2.41. The molecule has 0 bridgehead atoms. The largest absolute Gasteiger partial charge is 0.367 e. The summed E-state index contributed by atoms with van der Waals surface area (Å²) in [5, 5.41) is 2.81. The predicted octanol–water partition coefficient (Wildman–Crippen LogP) is 1.04. The highest BCUT2D eigenvalue weighted by molar-refractivity contribution is 5.82. The average molecular weight is 333 g/mol. The summed E-state index contributed by atoms with van der Waals surface area (Å²) in [7, 11) is 1.56. The standard InChI is InChI=1S/C18H27N3O3/c1-3-19-16(22)14-20-10-7-11-21(13-12-20)18(23)17(24-2)15-8-5-4-6-9-15/h4-6,8-9,17H,3,7,10-14H2,1-2H3,(H,19,22). The number of likely N-dealkylation sites (N-methyl/N-ethyl adjacent to an activating group) is 1. The second-order valence-electron chi connectivity index (χ2n) is 5.93. The number of carbonyl (C=O) groups excluding carboxylic acids is 2. The zero-order valence-corrected chi connectivity index (χ0v) is 14.5. The average Bonchev–Trinajstić information content (AvgIpc) is 2.82. The van der Waals surface area contributed by atoms with Crippen molar-refractivity contribution < 1.29 is 14.3 Å². The van der Waals surface area contributed by atoms with Gasteiger partial charge in [-0.2, -0.15) is 0 Å². The third kappa shape index (κ3) is 5.04. The van der Waals surface area contributed by atoms with E-state index in [2.05, 4.69) is 10.2 Å². The molecule has 1 unspecified atom stereocenters. The first-order chi connectivity index (χ1) is 11.7. The number of hydrogen-bond acceptors (Lipinski definition) is 4. The van der Waals surface area contributed by atoms with E-state index < -0.39 is 6.10 Å². The van der Waals surface area contributed by atoms with Crippen LogP contribution in [0.2, 0.25) is 0 Å². The minimum absolute atomic E-state index is 0.0106. The summed E-state index contributed by atoms with van der Waals surface area (Å²) < 4.78 is 5.45. The van der Waals surface area contributed by atoms with E-state index in [-0.39, 0.29) is 11.8 Å². The monoisotopic (exact) mass is 333 g/mol. The van der Waals surface area contributed by atoms with Gasteiger partial charge in [0.15, 0.2) is 6.10 Å². The number of methoxy groups -OCH3 is 1. The molecule has 2 amide bonds. The van der Waals surface area contributed by atoms with Gasteiger partial charge in [-0.1, -0.05) is 30.3 Å². The summed E-state index contributed by atoms with van der Waals surface area (Å²) >= 11 is 0. The molecule has 0 aliphatic carbocycles. The molecule has 6 nitrogen and oxygen atoms in total. The molecule has 0 radical (unpaired) electrons. The highest BCUT2D eigenvalue weighted by Gasteiger charge is 2.27. The van der Waals surface area contributed by atoms with Crippen molar-refractivity contribution in [1.29, 1.82) is 0 Å². The molecule has 1 aromatic carbocycles. The van der Waals surface area contributed by atoms with Gasteiger partial charge in [-0.15, -0.1) is 0 Å². The van der Waals surface area contributed by atoms with Crippen molar-refractivity contribution in [2.75, 3.05) is 46.4 Å². The molecule has 0 aromatic heterocycles. The van der Waals surface area contributed by atoms with Gasteiger partial charge in [0.05, 0.1) is 6.54 Å². The first-order valence-electron chi connectivity index (χ1n) is 8.51. The number of hydrogen-bond donors (Lipinski definition) is 1. The quantitative estimate of drug-likeness (QED) is 0.845. The Bertz CT molecular complexity index is 536. The Morgan fingerprint density at radius 2 is 1.92 bits per heavy atom. The number of benzene rings is 1. The van der Waals surface area contributed by atoms with Gasteiger partial charge in [0.2, 0.25) is 5.91 Å². The van der Waals surface area contributed by atoms with E-state index >= 15 is 0 Å². The molecule has 1 aromatic rings. The number of rotatable bonds is 6. The van der Waals surface area contributed by atoms with Crippen LogP contribution in [-0.2, 0) is 14.3 Å². The molecule has 0 saturated carbocycles. The lowest BCUT2D eigenvalue weighted by atomic mass is 10.1. The van der Waals surface area contributed by atoms with Crippen molar-refractivity contribution in [3.8, 4) is 0 Å². The minimum Gasteiger partial charge on any atom is -0.367 e. The Morgan fingerprint density at radius 1 is 1.17 bits per heavy atom. The van der Waals surface area contributed by atoms with Crippen molar-refractivity contribution in [3.63, 3.8) is 0 Å². The van der Waals surface area contributed by atoms with Crippen LogP contribution in [0.1, 0.15) is 25.0 Å². The van der Waals surface area contributed by atoms with E-state index in [9.17, 15) is 9.59 Å². The molecular weight excluding hydrogens is 306 g/mol. The Kier molecular flexibility index (Phi) is 7.21. The summed E-state index contributed by atoms with van der Waals surface area (Å²) in [5.41, 5.74) is 0.869. The van der Waals surface area contributed by atoms with Gasteiger partial charge in [-0.25, -0.2) is 0 Å². The van der Waals surface area contributed by atoms with Gasteiger partial charge >= 0.3 is 0 Å². The maximum Gasteiger partial charge on any atom is 0.256 e. The molecule has 1 aliphatic heterocycles. The molecule has 0 spiro atoms. The molecule has 2 rings (SSSR count). The van der Waals surface area contributed by atoms with Crippen molar-refractivity contribution >= 4 is 11.8 Å². The number of nitrogens with one attached hydrogen (secondary N) is 1. The summed E-state index contributed by atoms with van der Waals surface area (Å²) in [6.45, 7) is 5.78. The Hall–Kier alpha value is -1.92. The molecule has 1 saturated heterocycles. The SMILES string of the molecule is CCNC(=O)CN1CCCN(C(=O)C(OC)c2ccccc2)CC1. The van der Waals surface area contributed by atoms with Crippen LogP contribution in [0.5, 0.6) is 0 Å². The summed E-state index contributed by atoms with van der Waals surface area (Å²) in [6.07, 6.45) is 0.289. The first-order valence-corrected chi connectivity index (χ1v) is 8.51. The van der Waals surface area contributed by atoms with Crippen molar-refractivity contribution in [2.45, 2.75) is 19.4 Å². The molecule has 1 fully saturated rings. The van der Waals surface area contributed by atoms with Gasteiger partial charge in [0, 0.05) is 39.8 Å². The summed E-state index contributed by atoms with van der Waals surface area (Å²) in [6, 6.07) is 9.55. The molecule has 1 aliphatic rings. The van der Waals surface area contributed by atoms with Crippen LogP contribution in [0.25, 0.3) is 0 Å². The maximum absolute atomic E-state index is 12.8. The minimum atomic E-state index is -0.568. The summed E-state index contributed by atoms with van der Waals surface area (Å²) in [5.74, 6) is 0.0277. The molecule has 1 atom stereocenters. The van der Waals surface area contributed by atoms with Gasteiger partial charge in [0.25, 0.3) is 5.91 Å². The van der Waals surface area contributed by atoms with Gasteiger partial charge < -0.3 is 15.0 Å². The van der Waals surface area contributed by atoms with E-state index in [1.807, 2.05) is 42.2 Å². The molecule has 6 heteroatoms. The molecule has 1 N–H and O–H groups in total. The zero-order chi connectivity index (χ0) is 17.4. The van der Waals surface area contributed by atoms with Crippen LogP contribution in [0.4, 0.5) is 0 Å². The van der Waals surface area contributed by atoms with Crippen molar-refractivity contribution in [2.24, 2.45) is 0 Å². The molecular formula is C18H27N3O3. The summed E-state index contributed by atoms with van der Waals surface area (Å²) in [4.78, 5) is 28.5. The van der Waals surface area contributed by atoms with Crippen LogP contribution in [-0.4, -0.2) is 68.0 Å². The van der Waals surface area contributed by atoms with E-state index in [1.54, 1.807) is 7.11 Å². The Labute approximate surface area is 143 Å². The Balaban J connectivity index is 1.94. The van der Waals surface area contributed by atoms with Crippen LogP contribution >= 0.6 is 0 Å². The van der Waals surface area contributed by atoms with Crippen LogP contribution in [0.15, 0.2) is 30.3 Å².